The van der Waals surface area contributed by atoms with Crippen molar-refractivity contribution in [2.75, 3.05) is 17.3 Å². The van der Waals surface area contributed by atoms with E-state index in [2.05, 4.69) is 13.2 Å². The van der Waals surface area contributed by atoms with Crippen LogP contribution in [-0.2, 0) is 9.59 Å². The summed E-state index contributed by atoms with van der Waals surface area (Å²) < 4.78 is 0.449. The molecule has 6 heteroatoms. The van der Waals surface area contributed by atoms with Crippen molar-refractivity contribution in [3.05, 3.63) is 24.8 Å². The van der Waals surface area contributed by atoms with Crippen molar-refractivity contribution in [1.29, 1.82) is 0 Å². The Kier molecular flexibility index (Phi) is 7.60. The topological polar surface area (TPSA) is 34.1 Å². The Balaban J connectivity index is 2.21. The molecule has 0 aromatic heterocycles. The molecule has 2 atom stereocenters. The Morgan fingerprint density at radius 2 is 2.11 bits per heavy atom. The normalized spacial score (nSPS) is 22.7. The zero-order valence-corrected chi connectivity index (χ0v) is 13.5. The van der Waals surface area contributed by atoms with Crippen molar-refractivity contribution in [1.82, 2.24) is 0 Å². The largest absolute Gasteiger partial charge is 0.282 e. The van der Waals surface area contributed by atoms with Crippen LogP contribution in [-0.4, -0.2) is 37.3 Å². The van der Waals surface area contributed by atoms with E-state index in [9.17, 15) is 9.59 Å². The van der Waals surface area contributed by atoms with Crippen LogP contribution >= 0.6 is 47.0 Å². The standard InChI is InChI=1S/C12H16O2S4/c1-4-10(13)15-7-11-16-5-9(18-11)6-17-12(14)8(2)3/h4,9,11H,1-2,5-7H2,3H3. The van der Waals surface area contributed by atoms with Gasteiger partial charge in [-0.05, 0) is 18.6 Å². The fourth-order valence-electron chi connectivity index (χ4n) is 1.18. The summed E-state index contributed by atoms with van der Waals surface area (Å²) in [5.41, 5.74) is 0.610. The first-order valence-corrected chi connectivity index (χ1v) is 9.38. The predicted molar refractivity (Wildman–Crippen MR) is 87.6 cm³/mol. The Morgan fingerprint density at radius 3 is 2.72 bits per heavy atom. The summed E-state index contributed by atoms with van der Waals surface area (Å²) in [5, 5.41) is 0.611. The number of thioether (sulfide) groups is 4. The van der Waals surface area contributed by atoms with E-state index >= 15 is 0 Å². The van der Waals surface area contributed by atoms with E-state index in [1.54, 1.807) is 6.92 Å². The lowest BCUT2D eigenvalue weighted by molar-refractivity contribution is -0.108. The van der Waals surface area contributed by atoms with Gasteiger partial charge in [0.05, 0.1) is 4.58 Å². The maximum absolute atomic E-state index is 11.4. The number of carbonyl (C=O) groups is 2. The first-order chi connectivity index (χ1) is 8.52. The SMILES string of the molecule is C=CC(=O)SCC1SCC(CSC(=O)C(=C)C)S1. The minimum Gasteiger partial charge on any atom is -0.282 e. The van der Waals surface area contributed by atoms with Crippen LogP contribution in [0.15, 0.2) is 24.8 Å². The molecule has 100 valence electrons. The van der Waals surface area contributed by atoms with E-state index in [0.29, 0.717) is 15.4 Å². The molecule has 1 aliphatic heterocycles. The van der Waals surface area contributed by atoms with Gasteiger partial charge in [0.1, 0.15) is 0 Å². The lowest BCUT2D eigenvalue weighted by atomic mass is 10.4. The van der Waals surface area contributed by atoms with Gasteiger partial charge in [-0.1, -0.05) is 36.7 Å². The first-order valence-electron chi connectivity index (χ1n) is 5.41. The molecule has 0 spiro atoms. The van der Waals surface area contributed by atoms with Crippen LogP contribution in [0.25, 0.3) is 0 Å². The predicted octanol–water partition coefficient (Wildman–Crippen LogP) is 3.44. The Hall–Kier alpha value is 0.220. The van der Waals surface area contributed by atoms with Crippen molar-refractivity contribution in [2.45, 2.75) is 16.8 Å². The van der Waals surface area contributed by atoms with Crippen molar-refractivity contribution in [3.8, 4) is 0 Å². The summed E-state index contributed by atoms with van der Waals surface area (Å²) in [6, 6.07) is 0. The summed E-state index contributed by atoms with van der Waals surface area (Å²) in [6.07, 6.45) is 1.35. The minimum atomic E-state index is 0.0338. The van der Waals surface area contributed by atoms with Gasteiger partial charge in [-0.15, -0.1) is 23.5 Å². The fourth-order valence-corrected chi connectivity index (χ4v) is 6.63. The van der Waals surface area contributed by atoms with E-state index in [1.165, 1.54) is 29.6 Å². The second kappa shape index (κ2) is 8.40. The molecule has 0 N–H and O–H groups in total. The van der Waals surface area contributed by atoms with Gasteiger partial charge in [0.25, 0.3) is 0 Å². The molecule has 1 fully saturated rings. The zero-order valence-electron chi connectivity index (χ0n) is 10.2. The van der Waals surface area contributed by atoms with E-state index in [1.807, 2.05) is 23.5 Å². The Labute approximate surface area is 125 Å². The van der Waals surface area contributed by atoms with Crippen LogP contribution in [0.2, 0.25) is 0 Å². The monoisotopic (exact) mass is 320 g/mol. The van der Waals surface area contributed by atoms with Gasteiger partial charge >= 0.3 is 0 Å². The van der Waals surface area contributed by atoms with Crippen LogP contribution in [0, 0.1) is 0 Å². The van der Waals surface area contributed by atoms with Gasteiger partial charge in [0.15, 0.2) is 0 Å². The third-order valence-electron chi connectivity index (χ3n) is 2.09. The Morgan fingerprint density at radius 1 is 1.39 bits per heavy atom. The molecular weight excluding hydrogens is 304 g/mol. The number of carbonyl (C=O) groups excluding carboxylic acids is 2. The molecule has 0 bridgehead atoms. The number of rotatable bonds is 6. The lowest BCUT2D eigenvalue weighted by Crippen LogP contribution is -2.08. The van der Waals surface area contributed by atoms with Crippen molar-refractivity contribution >= 4 is 57.3 Å². The van der Waals surface area contributed by atoms with Crippen molar-refractivity contribution in [2.24, 2.45) is 0 Å². The maximum Gasteiger partial charge on any atom is 0.214 e. The van der Waals surface area contributed by atoms with Gasteiger partial charge in [-0.3, -0.25) is 9.59 Å². The minimum absolute atomic E-state index is 0.0338. The highest BCUT2D eigenvalue weighted by atomic mass is 32.2. The van der Waals surface area contributed by atoms with Crippen LogP contribution < -0.4 is 0 Å². The second-order valence-electron chi connectivity index (χ2n) is 3.73. The first kappa shape index (κ1) is 16.3. The van der Waals surface area contributed by atoms with Crippen LogP contribution in [0.5, 0.6) is 0 Å². The number of hydrogen-bond acceptors (Lipinski definition) is 6. The molecule has 18 heavy (non-hydrogen) atoms. The summed E-state index contributed by atoms with van der Waals surface area (Å²) in [5.74, 6) is 2.70. The van der Waals surface area contributed by atoms with Crippen molar-refractivity contribution in [3.63, 3.8) is 0 Å². The highest BCUT2D eigenvalue weighted by Gasteiger charge is 2.27. The van der Waals surface area contributed by atoms with Crippen LogP contribution in [0.1, 0.15) is 6.92 Å². The third-order valence-corrected chi connectivity index (χ3v) is 8.13. The molecule has 0 aromatic carbocycles. The third kappa shape index (κ3) is 5.91. The molecule has 0 saturated carbocycles. The molecule has 0 radical (unpaired) electrons. The summed E-state index contributed by atoms with van der Waals surface area (Å²) in [6.45, 7) is 8.84. The Bertz CT molecular complexity index is 354. The average molecular weight is 321 g/mol. The van der Waals surface area contributed by atoms with E-state index < -0.39 is 0 Å². The fraction of sp³-hybridized carbons (Fsp3) is 0.500. The van der Waals surface area contributed by atoms with E-state index in [0.717, 1.165) is 17.3 Å². The van der Waals surface area contributed by atoms with Gasteiger partial charge in [0, 0.05) is 22.5 Å². The lowest BCUT2D eigenvalue weighted by Gasteiger charge is -2.08. The zero-order chi connectivity index (χ0) is 13.5. The van der Waals surface area contributed by atoms with Crippen molar-refractivity contribution < 1.29 is 9.59 Å². The molecule has 1 heterocycles. The molecule has 2 nitrogen and oxygen atoms in total. The molecule has 2 unspecified atom stereocenters. The average Bonchev–Trinajstić information content (AvgIpc) is 2.80. The molecular formula is C12H16O2S4. The molecule has 1 saturated heterocycles. The van der Waals surface area contributed by atoms with Gasteiger partial charge in [-0.25, -0.2) is 0 Å². The number of hydrogen-bond donors (Lipinski definition) is 0. The van der Waals surface area contributed by atoms with Crippen LogP contribution in [0.3, 0.4) is 0 Å². The maximum atomic E-state index is 11.4. The van der Waals surface area contributed by atoms with Gasteiger partial charge < -0.3 is 0 Å². The highest BCUT2D eigenvalue weighted by molar-refractivity contribution is 8.23. The second-order valence-corrected chi connectivity index (χ2v) is 8.79. The molecule has 1 aliphatic rings. The molecule has 0 aliphatic carbocycles. The van der Waals surface area contributed by atoms with E-state index in [-0.39, 0.29) is 10.2 Å². The molecule has 1 rings (SSSR count). The van der Waals surface area contributed by atoms with Crippen LogP contribution in [0.4, 0.5) is 0 Å². The summed E-state index contributed by atoms with van der Waals surface area (Å²) in [7, 11) is 0. The van der Waals surface area contributed by atoms with E-state index in [4.69, 9.17) is 0 Å². The summed E-state index contributed by atoms with van der Waals surface area (Å²) in [4.78, 5) is 22.5. The molecule has 0 aromatic rings. The van der Waals surface area contributed by atoms with Gasteiger partial charge in [-0.2, -0.15) is 0 Å². The highest BCUT2D eigenvalue weighted by Crippen LogP contribution is 2.41. The van der Waals surface area contributed by atoms with Gasteiger partial charge in [0.2, 0.25) is 10.2 Å². The quantitative estimate of drug-likeness (QED) is 0.697. The smallest absolute Gasteiger partial charge is 0.214 e. The molecule has 0 amide bonds. The summed E-state index contributed by atoms with van der Waals surface area (Å²) >= 11 is 6.41.